The number of carbonyl (C=O) groups excluding carboxylic acids is 2. The molecular weight excluding hydrogens is 366 g/mol. The van der Waals surface area contributed by atoms with Gasteiger partial charge >= 0.3 is 0 Å². The van der Waals surface area contributed by atoms with Crippen molar-refractivity contribution >= 4 is 23.4 Å². The molecule has 2 amide bonds. The Hall–Kier alpha value is -2.70. The molecular formula is C20H20ClN3O3. The molecule has 1 fully saturated rings. The number of ether oxygens (including phenoxy) is 1. The molecule has 27 heavy (non-hydrogen) atoms. The van der Waals surface area contributed by atoms with Crippen LogP contribution in [-0.4, -0.2) is 48.4 Å². The minimum absolute atomic E-state index is 0.120. The van der Waals surface area contributed by atoms with Crippen LogP contribution in [0.2, 0.25) is 5.02 Å². The molecule has 3 rings (SSSR count). The van der Waals surface area contributed by atoms with Gasteiger partial charge in [-0.2, -0.15) is 0 Å². The highest BCUT2D eigenvalue weighted by molar-refractivity contribution is 6.31. The number of carbonyl (C=O) groups is 2. The average Bonchev–Trinajstić information content (AvgIpc) is 2.72. The van der Waals surface area contributed by atoms with Crippen molar-refractivity contribution in [2.45, 2.75) is 6.10 Å². The van der Waals surface area contributed by atoms with Crippen LogP contribution in [0.4, 0.5) is 0 Å². The fraction of sp³-hybridized carbons (Fsp3) is 0.250. The Morgan fingerprint density at radius 3 is 2.93 bits per heavy atom. The zero-order chi connectivity index (χ0) is 19.4. The maximum absolute atomic E-state index is 11.9. The molecule has 0 aliphatic carbocycles. The van der Waals surface area contributed by atoms with Gasteiger partial charge in [-0.1, -0.05) is 18.2 Å². The Labute approximate surface area is 162 Å². The molecule has 0 spiro atoms. The number of nitrogens with zero attached hydrogens (tertiary/aromatic N) is 2. The second kappa shape index (κ2) is 8.33. The summed E-state index contributed by atoms with van der Waals surface area (Å²) in [6, 6.07) is 8.89. The Kier molecular flexibility index (Phi) is 5.88. The molecule has 0 radical (unpaired) electrons. The van der Waals surface area contributed by atoms with Crippen molar-refractivity contribution in [2.75, 3.05) is 26.7 Å². The summed E-state index contributed by atoms with van der Waals surface area (Å²) in [5.74, 6) is -0.305. The van der Waals surface area contributed by atoms with Gasteiger partial charge in [0.1, 0.15) is 6.10 Å². The molecule has 1 aliphatic heterocycles. The van der Waals surface area contributed by atoms with Crippen LogP contribution in [0.15, 0.2) is 49.2 Å². The van der Waals surface area contributed by atoms with E-state index >= 15 is 0 Å². The number of rotatable bonds is 4. The first kappa shape index (κ1) is 19.1. The summed E-state index contributed by atoms with van der Waals surface area (Å²) >= 11 is 6.32. The van der Waals surface area contributed by atoms with E-state index in [1.165, 1.54) is 6.08 Å². The Morgan fingerprint density at radius 2 is 2.19 bits per heavy atom. The maximum atomic E-state index is 11.9. The summed E-state index contributed by atoms with van der Waals surface area (Å²) in [4.78, 5) is 29.8. The topological polar surface area (TPSA) is 71.5 Å². The summed E-state index contributed by atoms with van der Waals surface area (Å²) in [6.45, 7) is 4.94. The molecule has 1 saturated heterocycles. The molecule has 0 bridgehead atoms. The number of benzene rings is 1. The van der Waals surface area contributed by atoms with Gasteiger partial charge in [0, 0.05) is 35.9 Å². The van der Waals surface area contributed by atoms with E-state index in [0.29, 0.717) is 36.0 Å². The molecule has 2 heterocycles. The number of nitrogens with one attached hydrogen (secondary N) is 1. The van der Waals surface area contributed by atoms with E-state index in [9.17, 15) is 9.59 Å². The van der Waals surface area contributed by atoms with Crippen LogP contribution < -0.4 is 5.32 Å². The van der Waals surface area contributed by atoms with Crippen LogP contribution in [-0.2, 0) is 9.53 Å². The first-order chi connectivity index (χ1) is 13.0. The summed E-state index contributed by atoms with van der Waals surface area (Å²) in [5.41, 5.74) is 2.78. The van der Waals surface area contributed by atoms with E-state index in [-0.39, 0.29) is 17.9 Å². The van der Waals surface area contributed by atoms with Crippen molar-refractivity contribution in [3.8, 4) is 11.3 Å². The smallest absolute Gasteiger partial charge is 0.251 e. The number of morpholine rings is 1. The van der Waals surface area contributed by atoms with Gasteiger partial charge < -0.3 is 15.0 Å². The minimum atomic E-state index is -0.290. The molecule has 2 aromatic rings. The number of hydrogen-bond acceptors (Lipinski definition) is 4. The lowest BCUT2D eigenvalue weighted by molar-refractivity contribution is -0.133. The summed E-state index contributed by atoms with van der Waals surface area (Å²) < 4.78 is 5.84. The standard InChI is InChI=1S/C20H20ClN3O3/c1-3-19(25)24-6-7-27-18(12-24)15-8-14(9-16(21)10-15)17-11-13(4-5-23-17)20(26)22-2/h3-5,8-11,18H,1,6-7,12H2,2H3,(H,22,26)/t18-/m0/s1. The second-order valence-corrected chi connectivity index (χ2v) is 6.57. The molecule has 140 valence electrons. The molecule has 6 nitrogen and oxygen atoms in total. The largest absolute Gasteiger partial charge is 0.370 e. The lowest BCUT2D eigenvalue weighted by atomic mass is 10.0. The van der Waals surface area contributed by atoms with Gasteiger partial charge in [-0.25, -0.2) is 0 Å². The third-order valence-corrected chi connectivity index (χ3v) is 4.61. The number of halogens is 1. The van der Waals surface area contributed by atoms with E-state index in [0.717, 1.165) is 11.1 Å². The number of amides is 2. The second-order valence-electron chi connectivity index (χ2n) is 6.13. The van der Waals surface area contributed by atoms with E-state index in [2.05, 4.69) is 16.9 Å². The lowest BCUT2D eigenvalue weighted by Crippen LogP contribution is -2.41. The molecule has 1 aliphatic rings. The quantitative estimate of drug-likeness (QED) is 0.821. The average molecular weight is 386 g/mol. The van der Waals surface area contributed by atoms with Crippen molar-refractivity contribution in [3.63, 3.8) is 0 Å². The van der Waals surface area contributed by atoms with E-state index in [4.69, 9.17) is 16.3 Å². The number of pyridine rings is 1. The third-order valence-electron chi connectivity index (χ3n) is 4.39. The number of hydrogen-bond donors (Lipinski definition) is 1. The van der Waals surface area contributed by atoms with Crippen LogP contribution in [0.25, 0.3) is 11.3 Å². The highest BCUT2D eigenvalue weighted by Crippen LogP contribution is 2.30. The molecule has 1 aromatic heterocycles. The maximum Gasteiger partial charge on any atom is 0.251 e. The van der Waals surface area contributed by atoms with Gasteiger partial charge in [-0.3, -0.25) is 14.6 Å². The Balaban J connectivity index is 1.92. The lowest BCUT2D eigenvalue weighted by Gasteiger charge is -2.32. The normalized spacial score (nSPS) is 16.7. The fourth-order valence-electron chi connectivity index (χ4n) is 3.00. The van der Waals surface area contributed by atoms with E-state index < -0.39 is 0 Å². The molecule has 1 atom stereocenters. The van der Waals surface area contributed by atoms with Crippen molar-refractivity contribution < 1.29 is 14.3 Å². The van der Waals surface area contributed by atoms with Crippen LogP contribution >= 0.6 is 11.6 Å². The van der Waals surface area contributed by atoms with Gasteiger partial charge in [0.2, 0.25) is 5.91 Å². The highest BCUT2D eigenvalue weighted by atomic mass is 35.5. The fourth-order valence-corrected chi connectivity index (χ4v) is 3.24. The zero-order valence-electron chi connectivity index (χ0n) is 14.9. The Morgan fingerprint density at radius 1 is 1.37 bits per heavy atom. The van der Waals surface area contributed by atoms with Crippen LogP contribution in [0.5, 0.6) is 0 Å². The molecule has 0 saturated carbocycles. The molecule has 0 unspecified atom stereocenters. The van der Waals surface area contributed by atoms with Crippen molar-refractivity contribution in [1.82, 2.24) is 15.2 Å². The summed E-state index contributed by atoms with van der Waals surface area (Å²) in [5, 5.41) is 3.13. The van der Waals surface area contributed by atoms with E-state index in [1.807, 2.05) is 12.1 Å². The third kappa shape index (κ3) is 4.35. The predicted octanol–water partition coefficient (Wildman–Crippen LogP) is 2.85. The van der Waals surface area contributed by atoms with E-state index in [1.54, 1.807) is 36.3 Å². The van der Waals surface area contributed by atoms with Crippen molar-refractivity contribution in [1.29, 1.82) is 0 Å². The Bertz CT molecular complexity index is 885. The zero-order valence-corrected chi connectivity index (χ0v) is 15.7. The molecule has 7 heteroatoms. The van der Waals surface area contributed by atoms with Gasteiger partial charge in [0.05, 0.1) is 18.8 Å². The monoisotopic (exact) mass is 385 g/mol. The molecule has 1 N–H and O–H groups in total. The molecule has 1 aromatic carbocycles. The van der Waals surface area contributed by atoms with Crippen LogP contribution in [0, 0.1) is 0 Å². The summed E-state index contributed by atoms with van der Waals surface area (Å²) in [6.07, 6.45) is 2.60. The van der Waals surface area contributed by atoms with Gasteiger partial charge in [0.25, 0.3) is 5.91 Å². The van der Waals surface area contributed by atoms with Crippen molar-refractivity contribution in [2.24, 2.45) is 0 Å². The van der Waals surface area contributed by atoms with Gasteiger partial charge in [-0.15, -0.1) is 0 Å². The highest BCUT2D eigenvalue weighted by Gasteiger charge is 2.25. The van der Waals surface area contributed by atoms with Gasteiger partial charge in [0.15, 0.2) is 0 Å². The van der Waals surface area contributed by atoms with Crippen molar-refractivity contribution in [3.05, 3.63) is 65.3 Å². The predicted molar refractivity (Wildman–Crippen MR) is 104 cm³/mol. The van der Waals surface area contributed by atoms with Crippen LogP contribution in [0.3, 0.4) is 0 Å². The minimum Gasteiger partial charge on any atom is -0.370 e. The SMILES string of the molecule is C=CC(=O)N1CCO[C@H](c2cc(Cl)cc(-c3cc(C(=O)NC)ccn3)c2)C1. The summed E-state index contributed by atoms with van der Waals surface area (Å²) in [7, 11) is 1.58. The van der Waals surface area contributed by atoms with Crippen LogP contribution in [0.1, 0.15) is 22.0 Å². The number of aromatic nitrogens is 1. The first-order valence-corrected chi connectivity index (χ1v) is 8.91. The first-order valence-electron chi connectivity index (χ1n) is 8.53. The van der Waals surface area contributed by atoms with Gasteiger partial charge in [-0.05, 0) is 42.0 Å².